The number of nitrogens with zero attached hydrogens (tertiary/aromatic N) is 2. The lowest BCUT2D eigenvalue weighted by molar-refractivity contribution is 0.297. The zero-order valence-corrected chi connectivity index (χ0v) is 9.10. The third kappa shape index (κ3) is 2.63. The molecule has 0 amide bonds. The fourth-order valence-corrected chi connectivity index (χ4v) is 1.35. The van der Waals surface area contributed by atoms with Crippen molar-refractivity contribution in [1.29, 1.82) is 0 Å². The Bertz CT molecular complexity index is 341. The van der Waals surface area contributed by atoms with Gasteiger partial charge < -0.3 is 10.5 Å². The number of anilines is 1. The first-order valence-corrected chi connectivity index (χ1v) is 5.40. The van der Waals surface area contributed by atoms with E-state index in [1.165, 1.54) is 11.8 Å². The van der Waals surface area contributed by atoms with Gasteiger partial charge in [-0.15, -0.1) is 11.8 Å². The molecule has 5 heteroatoms. The summed E-state index contributed by atoms with van der Waals surface area (Å²) >= 11 is 1.50. The highest BCUT2D eigenvalue weighted by molar-refractivity contribution is 7.98. The van der Waals surface area contributed by atoms with E-state index >= 15 is 0 Å². The minimum atomic E-state index is 0.243. The Morgan fingerprint density at radius 3 is 2.93 bits per heavy atom. The zero-order valence-electron chi connectivity index (χ0n) is 8.28. The molecule has 4 nitrogen and oxygen atoms in total. The van der Waals surface area contributed by atoms with E-state index in [9.17, 15) is 0 Å². The number of nitrogens with two attached hydrogens (primary N) is 1. The van der Waals surface area contributed by atoms with E-state index in [1.54, 1.807) is 6.07 Å². The summed E-state index contributed by atoms with van der Waals surface area (Å²) in [6.07, 6.45) is 1.93. The highest BCUT2D eigenvalue weighted by Gasteiger charge is 2.05. The molecule has 1 aromatic heterocycles. The van der Waals surface area contributed by atoms with Crippen LogP contribution < -0.4 is 5.73 Å². The molecule has 0 bridgehead atoms. The highest BCUT2D eigenvalue weighted by Crippen LogP contribution is 2.18. The summed E-state index contributed by atoms with van der Waals surface area (Å²) in [5.41, 5.74) is 6.18. The van der Waals surface area contributed by atoms with Crippen molar-refractivity contribution in [3.8, 4) is 0 Å². The van der Waals surface area contributed by atoms with E-state index in [0.717, 1.165) is 5.03 Å². The van der Waals surface area contributed by atoms with E-state index in [0.29, 0.717) is 18.1 Å². The molecule has 14 heavy (non-hydrogen) atoms. The first-order chi connectivity index (χ1) is 6.67. The standard InChI is InChI=1S/C9H13N3OS/c1-4-13-6(2)7-5-8(14-3)12-9(10)11-7/h5H,2,4H2,1,3H3,(H2,10,11,12). The Morgan fingerprint density at radius 1 is 1.64 bits per heavy atom. The van der Waals surface area contributed by atoms with Crippen LogP contribution in [-0.4, -0.2) is 22.8 Å². The molecule has 0 radical (unpaired) electrons. The maximum absolute atomic E-state index is 5.54. The molecule has 0 aliphatic heterocycles. The summed E-state index contributed by atoms with van der Waals surface area (Å²) in [5, 5.41) is 0.813. The van der Waals surface area contributed by atoms with E-state index in [-0.39, 0.29) is 5.95 Å². The first-order valence-electron chi connectivity index (χ1n) is 4.18. The van der Waals surface area contributed by atoms with Crippen LogP contribution in [0.2, 0.25) is 0 Å². The van der Waals surface area contributed by atoms with Crippen molar-refractivity contribution in [1.82, 2.24) is 9.97 Å². The summed E-state index contributed by atoms with van der Waals surface area (Å²) < 4.78 is 5.23. The Labute approximate surface area is 87.6 Å². The second-order valence-corrected chi connectivity index (χ2v) is 3.34. The van der Waals surface area contributed by atoms with Gasteiger partial charge in [0.05, 0.1) is 6.61 Å². The van der Waals surface area contributed by atoms with Crippen molar-refractivity contribution < 1.29 is 4.74 Å². The Hall–Kier alpha value is -1.23. The van der Waals surface area contributed by atoms with Crippen LogP contribution >= 0.6 is 11.8 Å². The molecule has 0 aromatic carbocycles. The number of ether oxygens (including phenoxy) is 1. The monoisotopic (exact) mass is 211 g/mol. The van der Waals surface area contributed by atoms with Gasteiger partial charge in [0, 0.05) is 6.07 Å². The van der Waals surface area contributed by atoms with Crippen LogP contribution in [0.1, 0.15) is 12.6 Å². The Morgan fingerprint density at radius 2 is 2.36 bits per heavy atom. The fourth-order valence-electron chi connectivity index (χ4n) is 0.938. The Kier molecular flexibility index (Phi) is 3.76. The minimum Gasteiger partial charge on any atom is -0.492 e. The first kappa shape index (κ1) is 10.8. The van der Waals surface area contributed by atoms with Gasteiger partial charge in [-0.05, 0) is 13.2 Å². The topological polar surface area (TPSA) is 61.0 Å². The summed E-state index contributed by atoms with van der Waals surface area (Å²) in [4.78, 5) is 8.06. The quantitative estimate of drug-likeness (QED) is 0.467. The molecule has 0 fully saturated rings. The second-order valence-electron chi connectivity index (χ2n) is 2.51. The molecule has 0 saturated carbocycles. The van der Waals surface area contributed by atoms with Gasteiger partial charge in [-0.25, -0.2) is 9.97 Å². The highest BCUT2D eigenvalue weighted by atomic mass is 32.2. The molecule has 1 rings (SSSR count). The fraction of sp³-hybridized carbons (Fsp3) is 0.333. The molecule has 0 unspecified atom stereocenters. The van der Waals surface area contributed by atoms with Crippen LogP contribution in [0.3, 0.4) is 0 Å². The minimum absolute atomic E-state index is 0.243. The maximum atomic E-state index is 5.54. The zero-order chi connectivity index (χ0) is 10.6. The molecule has 0 atom stereocenters. The van der Waals surface area contributed by atoms with Gasteiger partial charge >= 0.3 is 0 Å². The smallest absolute Gasteiger partial charge is 0.221 e. The number of thioether (sulfide) groups is 1. The average molecular weight is 211 g/mol. The summed E-state index contributed by atoms with van der Waals surface area (Å²) in [5.74, 6) is 0.768. The maximum Gasteiger partial charge on any atom is 0.221 e. The van der Waals surface area contributed by atoms with E-state index in [2.05, 4.69) is 16.5 Å². The lowest BCUT2D eigenvalue weighted by Gasteiger charge is -2.07. The van der Waals surface area contributed by atoms with Crippen LogP contribution in [-0.2, 0) is 4.74 Å². The van der Waals surface area contributed by atoms with Crippen molar-refractivity contribution in [2.24, 2.45) is 0 Å². The molecule has 0 aliphatic carbocycles. The second kappa shape index (κ2) is 4.85. The number of aromatic nitrogens is 2. The number of hydrogen-bond acceptors (Lipinski definition) is 5. The van der Waals surface area contributed by atoms with Gasteiger partial charge in [-0.2, -0.15) is 0 Å². The van der Waals surface area contributed by atoms with Crippen molar-refractivity contribution in [2.75, 3.05) is 18.6 Å². The number of hydrogen-bond donors (Lipinski definition) is 1. The third-order valence-corrected chi connectivity index (χ3v) is 2.16. The van der Waals surface area contributed by atoms with Gasteiger partial charge in [0.2, 0.25) is 5.95 Å². The molecule has 0 aliphatic rings. The molecular weight excluding hydrogens is 198 g/mol. The average Bonchev–Trinajstić information content (AvgIpc) is 2.17. The largest absolute Gasteiger partial charge is 0.492 e. The van der Waals surface area contributed by atoms with Crippen molar-refractivity contribution in [3.05, 3.63) is 18.3 Å². The lowest BCUT2D eigenvalue weighted by Crippen LogP contribution is -2.01. The van der Waals surface area contributed by atoms with Crippen molar-refractivity contribution in [3.63, 3.8) is 0 Å². The SMILES string of the molecule is C=C(OCC)c1cc(SC)nc(N)n1. The molecule has 2 N–H and O–H groups in total. The number of nitrogen functional groups attached to an aromatic ring is 1. The third-order valence-electron chi connectivity index (χ3n) is 1.53. The van der Waals surface area contributed by atoms with Crippen LogP contribution in [0.15, 0.2) is 17.7 Å². The predicted octanol–water partition coefficient (Wildman–Crippen LogP) is 1.79. The molecule has 1 heterocycles. The molecular formula is C9H13N3OS. The van der Waals surface area contributed by atoms with Gasteiger partial charge in [-0.3, -0.25) is 0 Å². The Balaban J connectivity index is 2.96. The van der Waals surface area contributed by atoms with E-state index in [4.69, 9.17) is 10.5 Å². The number of rotatable bonds is 4. The molecule has 76 valence electrons. The van der Waals surface area contributed by atoms with Gasteiger partial charge in [-0.1, -0.05) is 6.58 Å². The van der Waals surface area contributed by atoms with E-state index in [1.807, 2.05) is 13.2 Å². The van der Waals surface area contributed by atoms with Crippen molar-refractivity contribution in [2.45, 2.75) is 11.9 Å². The normalized spacial score (nSPS) is 9.86. The predicted molar refractivity (Wildman–Crippen MR) is 58.9 cm³/mol. The lowest BCUT2D eigenvalue weighted by atomic mass is 10.3. The van der Waals surface area contributed by atoms with E-state index < -0.39 is 0 Å². The van der Waals surface area contributed by atoms with Crippen LogP contribution in [0.25, 0.3) is 5.76 Å². The summed E-state index contributed by atoms with van der Waals surface area (Å²) in [6, 6.07) is 1.80. The molecule has 1 aromatic rings. The van der Waals surface area contributed by atoms with Crippen molar-refractivity contribution >= 4 is 23.5 Å². The van der Waals surface area contributed by atoms with Crippen LogP contribution in [0, 0.1) is 0 Å². The summed E-state index contributed by atoms with van der Waals surface area (Å²) in [6.45, 7) is 6.21. The molecule has 0 saturated heterocycles. The molecule has 0 spiro atoms. The van der Waals surface area contributed by atoms with Crippen LogP contribution in [0.4, 0.5) is 5.95 Å². The van der Waals surface area contributed by atoms with Crippen LogP contribution in [0.5, 0.6) is 0 Å². The van der Waals surface area contributed by atoms with Gasteiger partial charge in [0.15, 0.2) is 0 Å². The summed E-state index contributed by atoms with van der Waals surface area (Å²) in [7, 11) is 0. The van der Waals surface area contributed by atoms with Gasteiger partial charge in [0.1, 0.15) is 16.5 Å². The van der Waals surface area contributed by atoms with Gasteiger partial charge in [0.25, 0.3) is 0 Å².